The number of carbonyl (C=O) groups is 1. The number of para-hydroxylation sites is 1. The van der Waals surface area contributed by atoms with E-state index in [-0.39, 0.29) is 17.2 Å². The van der Waals surface area contributed by atoms with Crippen LogP contribution < -0.4 is 14.9 Å². The van der Waals surface area contributed by atoms with Crippen molar-refractivity contribution >= 4 is 38.9 Å². The van der Waals surface area contributed by atoms with Crippen molar-refractivity contribution in [1.29, 1.82) is 0 Å². The number of halogens is 1. The average molecular weight is 410 g/mol. The summed E-state index contributed by atoms with van der Waals surface area (Å²) in [7, 11) is -3.50. The maximum atomic E-state index is 12.5. The van der Waals surface area contributed by atoms with Crippen LogP contribution in [0.25, 0.3) is 0 Å². The van der Waals surface area contributed by atoms with Gasteiger partial charge in [0, 0.05) is 30.3 Å². The summed E-state index contributed by atoms with van der Waals surface area (Å²) >= 11 is 5.96. The Labute approximate surface area is 165 Å². The standard InChI is InChI=1S/C19H24ClN3O3S/c1-3-23(16-8-5-4-6-9-16)13-7-12-21-19(24)17-14-15(20)10-11-18(17)22-27(2,25)26/h4-6,8-11,14,22H,3,7,12-13H2,1-2H3,(H,21,24). The average Bonchev–Trinajstić information content (AvgIpc) is 2.62. The summed E-state index contributed by atoms with van der Waals surface area (Å²) in [5.41, 5.74) is 1.54. The third-order valence-electron chi connectivity index (χ3n) is 3.92. The maximum Gasteiger partial charge on any atom is 0.253 e. The number of benzene rings is 2. The van der Waals surface area contributed by atoms with E-state index in [1.807, 2.05) is 18.2 Å². The normalized spacial score (nSPS) is 11.1. The van der Waals surface area contributed by atoms with Crippen molar-refractivity contribution in [3.63, 3.8) is 0 Å². The van der Waals surface area contributed by atoms with Crippen LogP contribution in [0.2, 0.25) is 5.02 Å². The van der Waals surface area contributed by atoms with Crippen molar-refractivity contribution in [1.82, 2.24) is 5.32 Å². The smallest absolute Gasteiger partial charge is 0.253 e. The summed E-state index contributed by atoms with van der Waals surface area (Å²) in [6, 6.07) is 14.5. The fourth-order valence-corrected chi connectivity index (χ4v) is 3.42. The molecule has 0 fully saturated rings. The Morgan fingerprint density at radius 3 is 2.48 bits per heavy atom. The quantitative estimate of drug-likeness (QED) is 0.622. The van der Waals surface area contributed by atoms with E-state index in [1.165, 1.54) is 18.2 Å². The van der Waals surface area contributed by atoms with Gasteiger partial charge in [-0.1, -0.05) is 29.8 Å². The third-order valence-corrected chi connectivity index (χ3v) is 4.74. The molecular weight excluding hydrogens is 386 g/mol. The molecule has 146 valence electrons. The highest BCUT2D eigenvalue weighted by molar-refractivity contribution is 7.92. The van der Waals surface area contributed by atoms with Gasteiger partial charge in [-0.3, -0.25) is 9.52 Å². The van der Waals surface area contributed by atoms with Gasteiger partial charge in [0.25, 0.3) is 5.91 Å². The van der Waals surface area contributed by atoms with Gasteiger partial charge in [0.2, 0.25) is 10.0 Å². The predicted molar refractivity (Wildman–Crippen MR) is 111 cm³/mol. The van der Waals surface area contributed by atoms with Crippen LogP contribution in [-0.4, -0.2) is 40.2 Å². The number of hydrogen-bond acceptors (Lipinski definition) is 4. The van der Waals surface area contributed by atoms with Crippen LogP contribution in [0, 0.1) is 0 Å². The zero-order valence-corrected chi connectivity index (χ0v) is 17.0. The molecule has 8 heteroatoms. The molecule has 1 amide bonds. The van der Waals surface area contributed by atoms with Crippen molar-refractivity contribution in [2.45, 2.75) is 13.3 Å². The van der Waals surface area contributed by atoms with Gasteiger partial charge >= 0.3 is 0 Å². The van der Waals surface area contributed by atoms with Crippen LogP contribution in [0.3, 0.4) is 0 Å². The van der Waals surface area contributed by atoms with E-state index in [0.717, 1.165) is 31.5 Å². The van der Waals surface area contributed by atoms with E-state index >= 15 is 0 Å². The number of rotatable bonds is 9. The lowest BCUT2D eigenvalue weighted by Crippen LogP contribution is -2.30. The maximum absolute atomic E-state index is 12.5. The lowest BCUT2D eigenvalue weighted by molar-refractivity contribution is 0.0954. The summed E-state index contributed by atoms with van der Waals surface area (Å²) in [5.74, 6) is -0.369. The highest BCUT2D eigenvalue weighted by Gasteiger charge is 2.15. The lowest BCUT2D eigenvalue weighted by Gasteiger charge is -2.23. The van der Waals surface area contributed by atoms with Crippen LogP contribution in [0.1, 0.15) is 23.7 Å². The number of sulfonamides is 1. The Morgan fingerprint density at radius 1 is 1.15 bits per heavy atom. The van der Waals surface area contributed by atoms with Crippen molar-refractivity contribution in [3.05, 3.63) is 59.1 Å². The van der Waals surface area contributed by atoms with Gasteiger partial charge in [0.05, 0.1) is 17.5 Å². The minimum absolute atomic E-state index is 0.198. The van der Waals surface area contributed by atoms with Crippen LogP contribution in [0.5, 0.6) is 0 Å². The molecule has 0 aliphatic rings. The Kier molecular flexibility index (Phi) is 7.50. The first-order chi connectivity index (χ1) is 12.8. The largest absolute Gasteiger partial charge is 0.372 e. The molecule has 6 nitrogen and oxygen atoms in total. The van der Waals surface area contributed by atoms with Gasteiger partial charge in [-0.2, -0.15) is 0 Å². The first kappa shape index (κ1) is 21.1. The molecule has 2 aromatic carbocycles. The molecule has 0 heterocycles. The van der Waals surface area contributed by atoms with E-state index in [9.17, 15) is 13.2 Å². The molecule has 2 N–H and O–H groups in total. The molecule has 0 bridgehead atoms. The van der Waals surface area contributed by atoms with E-state index in [0.29, 0.717) is 11.6 Å². The molecule has 0 atom stereocenters. The Hall–Kier alpha value is -2.25. The SMILES string of the molecule is CCN(CCCNC(=O)c1cc(Cl)ccc1NS(C)(=O)=O)c1ccccc1. The Morgan fingerprint density at radius 2 is 1.85 bits per heavy atom. The highest BCUT2D eigenvalue weighted by atomic mass is 35.5. The molecule has 0 aliphatic heterocycles. The molecule has 0 radical (unpaired) electrons. The molecular formula is C19H24ClN3O3S. The van der Waals surface area contributed by atoms with Crippen molar-refractivity contribution < 1.29 is 13.2 Å². The zero-order chi connectivity index (χ0) is 19.9. The summed E-state index contributed by atoms with van der Waals surface area (Å²) in [4.78, 5) is 14.7. The Bertz CT molecular complexity index is 873. The fraction of sp³-hybridized carbons (Fsp3) is 0.316. The van der Waals surface area contributed by atoms with E-state index in [4.69, 9.17) is 11.6 Å². The van der Waals surface area contributed by atoms with E-state index in [1.54, 1.807) is 0 Å². The number of hydrogen-bond donors (Lipinski definition) is 2. The lowest BCUT2D eigenvalue weighted by atomic mass is 10.1. The highest BCUT2D eigenvalue weighted by Crippen LogP contribution is 2.21. The second-order valence-corrected chi connectivity index (χ2v) is 8.27. The van der Waals surface area contributed by atoms with Gasteiger partial charge in [0.1, 0.15) is 0 Å². The molecule has 0 spiro atoms. The number of carbonyl (C=O) groups excluding carboxylic acids is 1. The molecule has 27 heavy (non-hydrogen) atoms. The van der Waals surface area contributed by atoms with Crippen LogP contribution in [0.15, 0.2) is 48.5 Å². The Balaban J connectivity index is 1.95. The topological polar surface area (TPSA) is 78.5 Å². The summed E-state index contributed by atoms with van der Waals surface area (Å²) in [6.07, 6.45) is 1.79. The number of amides is 1. The van der Waals surface area contributed by atoms with Gasteiger partial charge in [-0.15, -0.1) is 0 Å². The number of nitrogens with one attached hydrogen (secondary N) is 2. The molecule has 2 rings (SSSR count). The minimum atomic E-state index is -3.50. The van der Waals surface area contributed by atoms with Crippen LogP contribution in [-0.2, 0) is 10.0 Å². The zero-order valence-electron chi connectivity index (χ0n) is 15.4. The molecule has 0 unspecified atom stereocenters. The molecule has 0 aromatic heterocycles. The number of nitrogens with zero attached hydrogens (tertiary/aromatic N) is 1. The third kappa shape index (κ3) is 6.77. The molecule has 0 aliphatic carbocycles. The summed E-state index contributed by atoms with van der Waals surface area (Å²) in [5, 5.41) is 3.19. The molecule has 2 aromatic rings. The van der Waals surface area contributed by atoms with Gasteiger partial charge in [-0.25, -0.2) is 8.42 Å². The first-order valence-electron chi connectivity index (χ1n) is 8.65. The first-order valence-corrected chi connectivity index (χ1v) is 10.9. The van der Waals surface area contributed by atoms with Crippen molar-refractivity contribution in [2.24, 2.45) is 0 Å². The van der Waals surface area contributed by atoms with E-state index in [2.05, 4.69) is 34.0 Å². The minimum Gasteiger partial charge on any atom is -0.372 e. The second kappa shape index (κ2) is 9.62. The van der Waals surface area contributed by atoms with Crippen LogP contribution in [0.4, 0.5) is 11.4 Å². The second-order valence-electron chi connectivity index (χ2n) is 6.09. The number of anilines is 2. The monoisotopic (exact) mass is 409 g/mol. The van der Waals surface area contributed by atoms with Gasteiger partial charge in [0.15, 0.2) is 0 Å². The van der Waals surface area contributed by atoms with E-state index < -0.39 is 10.0 Å². The fourth-order valence-electron chi connectivity index (χ4n) is 2.67. The van der Waals surface area contributed by atoms with Crippen molar-refractivity contribution in [2.75, 3.05) is 35.5 Å². The molecule has 0 saturated carbocycles. The van der Waals surface area contributed by atoms with Crippen molar-refractivity contribution in [3.8, 4) is 0 Å². The summed E-state index contributed by atoms with van der Waals surface area (Å²) in [6.45, 7) is 4.22. The predicted octanol–water partition coefficient (Wildman–Crippen LogP) is 3.36. The van der Waals surface area contributed by atoms with Gasteiger partial charge in [-0.05, 0) is 43.7 Å². The molecule has 0 saturated heterocycles. The summed E-state index contributed by atoms with van der Waals surface area (Å²) < 4.78 is 25.3. The van der Waals surface area contributed by atoms with Crippen LogP contribution >= 0.6 is 11.6 Å². The van der Waals surface area contributed by atoms with Gasteiger partial charge < -0.3 is 10.2 Å².